The number of quaternary nitrogens is 1. The van der Waals surface area contributed by atoms with Gasteiger partial charge in [-0.2, -0.15) is 5.10 Å². The van der Waals surface area contributed by atoms with Crippen molar-refractivity contribution in [2.45, 2.75) is 39.3 Å². The number of nitrogens with zero attached hydrogens (tertiary/aromatic N) is 2. The lowest BCUT2D eigenvalue weighted by Crippen LogP contribution is -3.11. The zero-order chi connectivity index (χ0) is 21.6. The number of hydrogen-bond donors (Lipinski definition) is 2. The van der Waals surface area contributed by atoms with Gasteiger partial charge in [-0.3, -0.25) is 9.59 Å². The molecule has 0 radical (unpaired) electrons. The van der Waals surface area contributed by atoms with E-state index in [1.807, 2.05) is 42.5 Å². The van der Waals surface area contributed by atoms with Gasteiger partial charge in [0.05, 0.1) is 18.8 Å². The molecule has 0 unspecified atom stereocenters. The van der Waals surface area contributed by atoms with Gasteiger partial charge in [-0.15, -0.1) is 0 Å². The summed E-state index contributed by atoms with van der Waals surface area (Å²) < 4.78 is 1.62. The van der Waals surface area contributed by atoms with E-state index in [9.17, 15) is 9.59 Å². The van der Waals surface area contributed by atoms with Crippen LogP contribution in [0, 0.1) is 6.92 Å². The van der Waals surface area contributed by atoms with Crippen LogP contribution in [0.1, 0.15) is 46.6 Å². The average Bonchev–Trinajstić information content (AvgIpc) is 2.80. The van der Waals surface area contributed by atoms with Crippen molar-refractivity contribution in [3.63, 3.8) is 0 Å². The van der Waals surface area contributed by atoms with Crippen molar-refractivity contribution in [2.75, 3.05) is 13.1 Å². The van der Waals surface area contributed by atoms with Crippen LogP contribution in [0.15, 0.2) is 65.5 Å². The Morgan fingerprint density at radius 2 is 1.68 bits per heavy atom. The molecule has 2 N–H and O–H groups in total. The first-order chi connectivity index (χ1) is 15.1. The minimum absolute atomic E-state index is 0.0974. The number of benzene rings is 2. The van der Waals surface area contributed by atoms with E-state index in [0.29, 0.717) is 12.2 Å². The van der Waals surface area contributed by atoms with Gasteiger partial charge in [0.1, 0.15) is 6.54 Å². The van der Waals surface area contributed by atoms with Crippen LogP contribution in [0.4, 0.5) is 0 Å². The highest BCUT2D eigenvalue weighted by Gasteiger charge is 2.16. The van der Waals surface area contributed by atoms with Crippen molar-refractivity contribution in [3.8, 4) is 5.69 Å². The van der Waals surface area contributed by atoms with Gasteiger partial charge in [0.25, 0.3) is 5.91 Å². The topological polar surface area (TPSA) is 68.4 Å². The molecule has 31 heavy (non-hydrogen) atoms. The van der Waals surface area contributed by atoms with Gasteiger partial charge in [0.2, 0.25) is 5.43 Å². The van der Waals surface area contributed by atoms with E-state index in [1.54, 1.807) is 16.5 Å². The van der Waals surface area contributed by atoms with E-state index in [0.717, 1.165) is 17.8 Å². The molecule has 4 rings (SSSR count). The Kier molecular flexibility index (Phi) is 6.57. The van der Waals surface area contributed by atoms with Crippen LogP contribution >= 0.6 is 0 Å². The molecule has 1 aliphatic rings. The molecule has 6 nitrogen and oxygen atoms in total. The Morgan fingerprint density at radius 1 is 1.00 bits per heavy atom. The number of carbonyl (C=O) groups is 1. The van der Waals surface area contributed by atoms with Gasteiger partial charge in [0, 0.05) is 23.9 Å². The molecule has 0 saturated carbocycles. The Balaban J connectivity index is 1.41. The average molecular weight is 418 g/mol. The van der Waals surface area contributed by atoms with Crippen LogP contribution in [-0.2, 0) is 13.1 Å². The van der Waals surface area contributed by atoms with Gasteiger partial charge < -0.3 is 10.2 Å². The largest absolute Gasteiger partial charge is 0.346 e. The van der Waals surface area contributed by atoms with Crippen LogP contribution in [0.2, 0.25) is 0 Å². The minimum Gasteiger partial charge on any atom is -0.346 e. The molecule has 1 aliphatic heterocycles. The van der Waals surface area contributed by atoms with Crippen molar-refractivity contribution < 1.29 is 9.69 Å². The van der Waals surface area contributed by atoms with Crippen molar-refractivity contribution >= 4 is 5.91 Å². The fourth-order valence-corrected chi connectivity index (χ4v) is 4.09. The predicted octanol–water partition coefficient (Wildman–Crippen LogP) is 2.04. The van der Waals surface area contributed by atoms with Crippen molar-refractivity contribution in [1.29, 1.82) is 0 Å². The summed E-state index contributed by atoms with van der Waals surface area (Å²) in [5.74, 6) is -0.462. The van der Waals surface area contributed by atoms with E-state index >= 15 is 0 Å². The first kappa shape index (κ1) is 21.0. The Hall–Kier alpha value is -3.25. The summed E-state index contributed by atoms with van der Waals surface area (Å²) in [6.45, 7) is 5.72. The lowest BCUT2D eigenvalue weighted by Gasteiger charge is -2.23. The molecule has 1 fully saturated rings. The maximum absolute atomic E-state index is 12.7. The van der Waals surface area contributed by atoms with Gasteiger partial charge in [-0.1, -0.05) is 42.5 Å². The normalized spacial score (nSPS) is 14.4. The second kappa shape index (κ2) is 9.71. The molecule has 0 atom stereocenters. The molecule has 3 aromatic rings. The smallest absolute Gasteiger partial charge is 0.276 e. The monoisotopic (exact) mass is 417 g/mol. The van der Waals surface area contributed by atoms with Gasteiger partial charge in [0.15, 0.2) is 5.69 Å². The van der Waals surface area contributed by atoms with Crippen LogP contribution in [-0.4, -0.2) is 28.8 Å². The van der Waals surface area contributed by atoms with E-state index in [4.69, 9.17) is 0 Å². The van der Waals surface area contributed by atoms with Gasteiger partial charge >= 0.3 is 0 Å². The molecule has 160 valence electrons. The highest BCUT2D eigenvalue weighted by molar-refractivity contribution is 5.92. The predicted molar refractivity (Wildman–Crippen MR) is 120 cm³/mol. The zero-order valence-electron chi connectivity index (χ0n) is 17.9. The second-order valence-electron chi connectivity index (χ2n) is 8.23. The number of carbonyl (C=O) groups excluding carboxylic acids is 1. The summed E-state index contributed by atoms with van der Waals surface area (Å²) in [6, 6.07) is 19.3. The zero-order valence-corrected chi connectivity index (χ0v) is 17.9. The van der Waals surface area contributed by atoms with E-state index in [2.05, 4.69) is 22.5 Å². The number of piperidine rings is 1. The number of likely N-dealkylation sites (tertiary alicyclic amines) is 1. The van der Waals surface area contributed by atoms with Crippen LogP contribution in [0.5, 0.6) is 0 Å². The molecule has 0 spiro atoms. The molecule has 1 aromatic heterocycles. The van der Waals surface area contributed by atoms with Crippen molar-refractivity contribution in [3.05, 3.63) is 93.4 Å². The molecule has 0 bridgehead atoms. The van der Waals surface area contributed by atoms with Gasteiger partial charge in [-0.25, -0.2) is 4.68 Å². The van der Waals surface area contributed by atoms with Gasteiger partial charge in [-0.05, 0) is 43.9 Å². The summed E-state index contributed by atoms with van der Waals surface area (Å²) in [5, 5.41) is 7.16. The summed E-state index contributed by atoms with van der Waals surface area (Å²) in [7, 11) is 0. The summed E-state index contributed by atoms with van der Waals surface area (Å²) >= 11 is 0. The number of rotatable bonds is 6. The lowest BCUT2D eigenvalue weighted by atomic mass is 10.1. The fraction of sp³-hybridized carbons (Fsp3) is 0.320. The van der Waals surface area contributed by atoms with E-state index in [-0.39, 0.29) is 11.1 Å². The number of aromatic nitrogens is 2. The summed E-state index contributed by atoms with van der Waals surface area (Å²) in [4.78, 5) is 26.7. The SMILES string of the molecule is Cc1cc(=O)c(C(=O)NCc2ccc(C[NH+]3CCCCC3)cc2)nn1-c1ccccc1. The number of hydrogen-bond acceptors (Lipinski definition) is 3. The minimum atomic E-state index is -0.462. The maximum Gasteiger partial charge on any atom is 0.276 e. The standard InChI is InChI=1S/C25H28N4O2/c1-19-16-23(30)24(27-29(19)22-8-4-2-5-9-22)25(31)26-17-20-10-12-21(13-11-20)18-28-14-6-3-7-15-28/h2,4-5,8-13,16H,3,6-7,14-15,17-18H2,1H3,(H,26,31)/p+1. The third-order valence-corrected chi connectivity index (χ3v) is 5.81. The van der Waals surface area contributed by atoms with Crippen molar-refractivity contribution in [2.24, 2.45) is 0 Å². The Morgan fingerprint density at radius 3 is 2.39 bits per heavy atom. The third-order valence-electron chi connectivity index (χ3n) is 5.81. The Labute approximate surface area is 182 Å². The molecule has 6 heteroatoms. The fourth-order valence-electron chi connectivity index (χ4n) is 4.09. The molecular weight excluding hydrogens is 388 g/mol. The Bertz CT molecular complexity index is 1080. The van der Waals surface area contributed by atoms with E-state index in [1.165, 1.54) is 44.0 Å². The third kappa shape index (κ3) is 5.27. The lowest BCUT2D eigenvalue weighted by molar-refractivity contribution is -0.918. The van der Waals surface area contributed by atoms with Crippen LogP contribution in [0.25, 0.3) is 5.69 Å². The first-order valence-electron chi connectivity index (χ1n) is 11.0. The van der Waals surface area contributed by atoms with E-state index < -0.39 is 5.91 Å². The summed E-state index contributed by atoms with van der Waals surface area (Å²) in [5.41, 5.74) is 3.33. The summed E-state index contributed by atoms with van der Waals surface area (Å²) in [6.07, 6.45) is 3.99. The molecule has 2 aromatic carbocycles. The van der Waals surface area contributed by atoms with Crippen LogP contribution in [0.3, 0.4) is 0 Å². The molecule has 2 heterocycles. The number of nitrogens with one attached hydrogen (secondary N) is 2. The highest BCUT2D eigenvalue weighted by atomic mass is 16.2. The highest BCUT2D eigenvalue weighted by Crippen LogP contribution is 2.08. The number of para-hydroxylation sites is 1. The quantitative estimate of drug-likeness (QED) is 0.645. The molecule has 1 saturated heterocycles. The number of aryl methyl sites for hydroxylation is 1. The second-order valence-corrected chi connectivity index (χ2v) is 8.23. The van der Waals surface area contributed by atoms with Crippen LogP contribution < -0.4 is 15.6 Å². The van der Waals surface area contributed by atoms with Crippen molar-refractivity contribution in [1.82, 2.24) is 15.1 Å². The molecule has 1 amide bonds. The molecular formula is C25H29N4O2+. The first-order valence-corrected chi connectivity index (χ1v) is 11.0. The molecule has 0 aliphatic carbocycles. The maximum atomic E-state index is 12.7. The number of amides is 1.